The van der Waals surface area contributed by atoms with Gasteiger partial charge in [-0.2, -0.15) is 0 Å². The second kappa shape index (κ2) is 5.53. The molecule has 12 nitrogen and oxygen atoms in total. The topological polar surface area (TPSA) is 174 Å². The Balaban J connectivity index is 1.84. The summed E-state index contributed by atoms with van der Waals surface area (Å²) in [5.41, 5.74) is 8.44. The van der Waals surface area contributed by atoms with Gasteiger partial charge >= 0.3 is 0 Å². The predicted octanol–water partition coefficient (Wildman–Crippen LogP) is -0.161. The number of aliphatic hydroxyl groups is 2. The summed E-state index contributed by atoms with van der Waals surface area (Å²) in [6, 6.07) is -0.578. The minimum atomic E-state index is -1.18. The van der Waals surface area contributed by atoms with E-state index >= 15 is 0 Å². The van der Waals surface area contributed by atoms with Crippen molar-refractivity contribution < 1.29 is 15.0 Å². The molecule has 0 spiro atoms. The number of anilines is 1. The fourth-order valence-corrected chi connectivity index (χ4v) is 4.17. The lowest BCUT2D eigenvalue weighted by molar-refractivity contribution is -0.132. The first-order chi connectivity index (χ1) is 12.5. The van der Waals surface area contributed by atoms with E-state index in [1.165, 1.54) is 13.4 Å². The molecule has 2 aliphatic rings. The zero-order valence-corrected chi connectivity index (χ0v) is 14.0. The molecule has 1 amide bonds. The highest BCUT2D eigenvalue weighted by atomic mass is 16.3. The van der Waals surface area contributed by atoms with Gasteiger partial charge in [0.25, 0.3) is 0 Å². The Kier molecular flexibility index (Phi) is 3.51. The van der Waals surface area contributed by atoms with Crippen molar-refractivity contribution in [3.05, 3.63) is 16.8 Å². The highest BCUT2D eigenvalue weighted by Crippen LogP contribution is 2.67. The smallest absolute Gasteiger partial charge is 0.229 e. The lowest BCUT2D eigenvalue weighted by Crippen LogP contribution is -2.41. The van der Waals surface area contributed by atoms with Gasteiger partial charge in [0.1, 0.15) is 11.6 Å². The molecule has 0 aromatic carbocycles. The van der Waals surface area contributed by atoms with E-state index in [4.69, 9.17) is 5.53 Å². The molecule has 4 rings (SSSR count). The first-order valence-corrected chi connectivity index (χ1v) is 8.05. The van der Waals surface area contributed by atoms with Crippen molar-refractivity contribution in [1.82, 2.24) is 24.8 Å². The predicted molar refractivity (Wildman–Crippen MR) is 89.3 cm³/mol. The van der Waals surface area contributed by atoms with Gasteiger partial charge in [-0.15, -0.1) is 0 Å². The number of imidazole rings is 1. The molecular formula is C14H17N9O3. The van der Waals surface area contributed by atoms with Gasteiger partial charge in [-0.1, -0.05) is 0 Å². The number of hydrogen-bond donors (Lipinski definition) is 4. The van der Waals surface area contributed by atoms with E-state index in [0.29, 0.717) is 23.4 Å². The molecule has 2 heterocycles. The number of nitrogens with one attached hydrogen (secondary N) is 2. The van der Waals surface area contributed by atoms with Crippen LogP contribution in [0.15, 0.2) is 11.4 Å². The molecule has 0 radical (unpaired) electrons. The summed E-state index contributed by atoms with van der Waals surface area (Å²) in [7, 11) is 3.15. The third-order valence-corrected chi connectivity index (χ3v) is 5.42. The Labute approximate surface area is 146 Å². The third kappa shape index (κ3) is 1.94. The van der Waals surface area contributed by atoms with E-state index in [9.17, 15) is 15.0 Å². The van der Waals surface area contributed by atoms with Gasteiger partial charge < -0.3 is 25.4 Å². The number of amides is 1. The lowest BCUT2D eigenvalue weighted by Gasteiger charge is -2.23. The maximum Gasteiger partial charge on any atom is 0.229 e. The number of rotatable bonds is 4. The fourth-order valence-electron chi connectivity index (χ4n) is 4.17. The summed E-state index contributed by atoms with van der Waals surface area (Å²) in [6.07, 6.45) is -0.391. The Morgan fingerprint density at radius 1 is 1.46 bits per heavy atom. The maximum atomic E-state index is 12.3. The number of azide groups is 1. The van der Waals surface area contributed by atoms with Gasteiger partial charge in [0, 0.05) is 24.9 Å². The average molecular weight is 359 g/mol. The molecule has 2 aliphatic carbocycles. The van der Waals surface area contributed by atoms with Gasteiger partial charge in [-0.25, -0.2) is 15.0 Å². The van der Waals surface area contributed by atoms with Gasteiger partial charge in [0.15, 0.2) is 11.5 Å². The second-order valence-electron chi connectivity index (χ2n) is 6.49. The molecule has 2 fully saturated rings. The van der Waals surface area contributed by atoms with E-state index < -0.39 is 23.7 Å². The van der Waals surface area contributed by atoms with Crippen molar-refractivity contribution in [2.24, 2.45) is 16.4 Å². The molecule has 26 heavy (non-hydrogen) atoms. The van der Waals surface area contributed by atoms with Crippen LogP contribution in [-0.2, 0) is 4.79 Å². The highest BCUT2D eigenvalue weighted by Gasteiger charge is 2.75. The minimum absolute atomic E-state index is 0.0903. The molecule has 2 unspecified atom stereocenters. The second-order valence-corrected chi connectivity index (χ2v) is 6.49. The van der Waals surface area contributed by atoms with Crippen molar-refractivity contribution in [3.8, 4) is 0 Å². The normalized spacial score (nSPS) is 32.0. The molecular weight excluding hydrogens is 342 g/mol. The molecule has 0 bridgehead atoms. The Hall–Kier alpha value is -2.95. The molecule has 2 saturated carbocycles. The van der Waals surface area contributed by atoms with Crippen LogP contribution < -0.4 is 10.6 Å². The van der Waals surface area contributed by atoms with Crippen LogP contribution in [0, 0.1) is 11.3 Å². The van der Waals surface area contributed by atoms with Crippen LogP contribution in [-0.4, -0.2) is 61.9 Å². The van der Waals surface area contributed by atoms with Crippen LogP contribution in [0.4, 0.5) is 11.8 Å². The van der Waals surface area contributed by atoms with Gasteiger partial charge in [0.05, 0.1) is 23.9 Å². The van der Waals surface area contributed by atoms with Gasteiger partial charge in [-0.3, -0.25) is 4.79 Å². The SMILES string of the molecule is CNC(=O)[C@@]12C[C@@H]1[C@@H](n1cnc3c(NC)nc(N=[N+]=[N-])nc31)C(O)C2O. The van der Waals surface area contributed by atoms with Crippen LogP contribution in [0.25, 0.3) is 21.6 Å². The van der Waals surface area contributed by atoms with Crippen molar-refractivity contribution in [1.29, 1.82) is 0 Å². The number of carbonyl (C=O) groups is 1. The van der Waals surface area contributed by atoms with E-state index in [2.05, 4.69) is 35.6 Å². The largest absolute Gasteiger partial charge is 0.389 e. The number of hydrogen-bond acceptors (Lipinski definition) is 8. The number of fused-ring (bicyclic) bond motifs is 2. The summed E-state index contributed by atoms with van der Waals surface area (Å²) in [5.74, 6) is -0.257. The summed E-state index contributed by atoms with van der Waals surface area (Å²) in [4.78, 5) is 27.5. The zero-order chi connectivity index (χ0) is 18.6. The number of aromatic nitrogens is 4. The standard InChI is InChI=1S/C14H17N9O3/c1-16-10-6-11(20-13(19-10)21-22-15)23(4-18-6)7-5-3-14(5,12(26)17-2)9(25)8(7)24/h4-5,7-9,24-25H,3H2,1-2H3,(H,17,26)(H,16,19,20)/t5-,7-,8?,9?,14+/m1/s1. The van der Waals surface area contributed by atoms with Crippen LogP contribution in [0.5, 0.6) is 0 Å². The maximum absolute atomic E-state index is 12.3. The molecule has 0 saturated heterocycles. The first kappa shape index (κ1) is 16.5. The summed E-state index contributed by atoms with van der Waals surface area (Å²) >= 11 is 0. The molecule has 0 aliphatic heterocycles. The van der Waals surface area contributed by atoms with Crippen molar-refractivity contribution in [2.75, 3.05) is 19.4 Å². The summed E-state index contributed by atoms with van der Waals surface area (Å²) in [5, 5.41) is 29.9. The Bertz CT molecular complexity index is 953. The van der Waals surface area contributed by atoms with E-state index in [0.717, 1.165) is 0 Å². The summed E-state index contributed by atoms with van der Waals surface area (Å²) < 4.78 is 1.62. The average Bonchev–Trinajstić information content (AvgIpc) is 3.18. The zero-order valence-electron chi connectivity index (χ0n) is 14.0. The van der Waals surface area contributed by atoms with Gasteiger partial charge in [-0.05, 0) is 17.1 Å². The molecule has 136 valence electrons. The van der Waals surface area contributed by atoms with Crippen LogP contribution >= 0.6 is 0 Å². The Morgan fingerprint density at radius 2 is 2.23 bits per heavy atom. The van der Waals surface area contributed by atoms with Crippen LogP contribution in [0.2, 0.25) is 0 Å². The highest BCUT2D eigenvalue weighted by molar-refractivity contribution is 5.88. The third-order valence-electron chi connectivity index (χ3n) is 5.42. The lowest BCUT2D eigenvalue weighted by atomic mass is 9.98. The first-order valence-electron chi connectivity index (χ1n) is 8.05. The number of aliphatic hydroxyl groups excluding tert-OH is 2. The molecule has 5 atom stereocenters. The molecule has 4 N–H and O–H groups in total. The molecule has 2 aromatic rings. The van der Waals surface area contributed by atoms with E-state index in [1.54, 1.807) is 11.6 Å². The number of nitrogens with zero attached hydrogens (tertiary/aromatic N) is 7. The summed E-state index contributed by atoms with van der Waals surface area (Å²) in [6.45, 7) is 0. The molecule has 12 heteroatoms. The monoisotopic (exact) mass is 359 g/mol. The minimum Gasteiger partial charge on any atom is -0.389 e. The van der Waals surface area contributed by atoms with Crippen molar-refractivity contribution in [2.45, 2.75) is 24.7 Å². The van der Waals surface area contributed by atoms with Gasteiger partial charge in [0.2, 0.25) is 11.9 Å². The number of carbonyl (C=O) groups excluding carboxylic acids is 1. The van der Waals surface area contributed by atoms with Crippen molar-refractivity contribution in [3.63, 3.8) is 0 Å². The van der Waals surface area contributed by atoms with E-state index in [1.807, 2.05) is 0 Å². The quantitative estimate of drug-likeness (QED) is 0.333. The van der Waals surface area contributed by atoms with Crippen molar-refractivity contribution >= 4 is 28.8 Å². The van der Waals surface area contributed by atoms with E-state index in [-0.39, 0.29) is 17.8 Å². The van der Waals surface area contributed by atoms with Crippen LogP contribution in [0.3, 0.4) is 0 Å². The molecule has 2 aromatic heterocycles. The van der Waals surface area contributed by atoms with Crippen LogP contribution in [0.1, 0.15) is 12.5 Å². The Morgan fingerprint density at radius 3 is 2.88 bits per heavy atom. The fraction of sp³-hybridized carbons (Fsp3) is 0.571.